The first-order valence-corrected chi connectivity index (χ1v) is 6.55. The lowest BCUT2D eigenvalue weighted by Gasteiger charge is -2.24. The molecule has 0 aliphatic rings. The quantitative estimate of drug-likeness (QED) is 0.878. The van der Waals surface area contributed by atoms with Gasteiger partial charge >= 0.3 is 0 Å². The van der Waals surface area contributed by atoms with Crippen LogP contribution >= 0.6 is 0 Å². The lowest BCUT2D eigenvalue weighted by Crippen LogP contribution is -2.20. The van der Waals surface area contributed by atoms with Crippen LogP contribution < -0.4 is 5.73 Å². The Morgan fingerprint density at radius 3 is 2.67 bits per heavy atom. The molecule has 0 saturated carbocycles. The van der Waals surface area contributed by atoms with Crippen LogP contribution in [0.5, 0.6) is 0 Å². The fraction of sp³-hybridized carbons (Fsp3) is 0.467. The highest BCUT2D eigenvalue weighted by atomic mass is 15.1. The Morgan fingerprint density at radius 2 is 2.00 bits per heavy atom. The average Bonchev–Trinajstić information content (AvgIpc) is 2.68. The molecule has 0 aliphatic carbocycles. The molecule has 2 N–H and O–H groups in total. The van der Waals surface area contributed by atoms with E-state index in [4.69, 9.17) is 5.73 Å². The minimum absolute atomic E-state index is 0.444. The van der Waals surface area contributed by atoms with Crippen molar-refractivity contribution < 1.29 is 0 Å². The van der Waals surface area contributed by atoms with E-state index in [1.165, 1.54) is 16.5 Å². The minimum atomic E-state index is 0.444. The number of hydrogen-bond acceptors (Lipinski definition) is 2. The lowest BCUT2D eigenvalue weighted by atomic mass is 10.0. The average molecular weight is 245 g/mol. The number of hydrogen-bond donors (Lipinski definition) is 1. The molecular weight excluding hydrogens is 222 g/mol. The van der Waals surface area contributed by atoms with Gasteiger partial charge in [-0.05, 0) is 45.1 Å². The second-order valence-electron chi connectivity index (χ2n) is 5.12. The third kappa shape index (κ3) is 2.42. The van der Waals surface area contributed by atoms with Gasteiger partial charge in [-0.1, -0.05) is 18.2 Å². The van der Waals surface area contributed by atoms with Crippen LogP contribution in [-0.2, 0) is 7.05 Å². The molecule has 3 nitrogen and oxygen atoms in total. The third-order valence-electron chi connectivity index (χ3n) is 3.59. The molecule has 1 aromatic heterocycles. The van der Waals surface area contributed by atoms with Crippen molar-refractivity contribution in [2.24, 2.45) is 12.8 Å². The van der Waals surface area contributed by atoms with Crippen LogP contribution in [0, 0.1) is 0 Å². The van der Waals surface area contributed by atoms with Crippen molar-refractivity contribution in [1.29, 1.82) is 0 Å². The van der Waals surface area contributed by atoms with Crippen LogP contribution in [0.1, 0.15) is 24.4 Å². The van der Waals surface area contributed by atoms with Crippen molar-refractivity contribution in [3.63, 3.8) is 0 Å². The molecule has 0 radical (unpaired) electrons. The van der Waals surface area contributed by atoms with Crippen molar-refractivity contribution in [3.05, 3.63) is 36.0 Å². The summed E-state index contributed by atoms with van der Waals surface area (Å²) in [5.74, 6) is 0. The van der Waals surface area contributed by atoms with E-state index in [9.17, 15) is 0 Å². The topological polar surface area (TPSA) is 34.2 Å². The summed E-state index contributed by atoms with van der Waals surface area (Å²) in [4.78, 5) is 2.29. The molecule has 1 heterocycles. The van der Waals surface area contributed by atoms with Gasteiger partial charge in [-0.2, -0.15) is 0 Å². The Morgan fingerprint density at radius 1 is 1.28 bits per heavy atom. The summed E-state index contributed by atoms with van der Waals surface area (Å²) in [6.45, 7) is 0.759. The maximum atomic E-state index is 5.65. The zero-order chi connectivity index (χ0) is 13.1. The van der Waals surface area contributed by atoms with E-state index >= 15 is 0 Å². The van der Waals surface area contributed by atoms with Gasteiger partial charge in [0.05, 0.1) is 0 Å². The second kappa shape index (κ2) is 5.55. The molecule has 1 aromatic carbocycles. The van der Waals surface area contributed by atoms with Crippen LogP contribution in [0.2, 0.25) is 0 Å². The lowest BCUT2D eigenvalue weighted by molar-refractivity contribution is 0.282. The Bertz CT molecular complexity index is 513. The predicted octanol–water partition coefficient (Wildman–Crippen LogP) is 2.52. The van der Waals surface area contributed by atoms with Gasteiger partial charge in [-0.15, -0.1) is 0 Å². The van der Waals surface area contributed by atoms with E-state index in [0.717, 1.165) is 19.4 Å². The van der Waals surface area contributed by atoms with Crippen LogP contribution in [0.25, 0.3) is 10.9 Å². The molecule has 0 aliphatic heterocycles. The smallest absolute Gasteiger partial charge is 0.0481 e. The van der Waals surface area contributed by atoms with Crippen molar-refractivity contribution in [2.75, 3.05) is 20.6 Å². The molecule has 3 heteroatoms. The van der Waals surface area contributed by atoms with Crippen LogP contribution in [0.3, 0.4) is 0 Å². The molecule has 1 unspecified atom stereocenters. The van der Waals surface area contributed by atoms with E-state index in [0.29, 0.717) is 6.04 Å². The van der Waals surface area contributed by atoms with Gasteiger partial charge in [0, 0.05) is 30.2 Å². The molecule has 98 valence electrons. The van der Waals surface area contributed by atoms with Crippen LogP contribution in [0.15, 0.2) is 30.5 Å². The SMILES string of the molecule is CN(C)C(CCCN)c1cn(C)c2ccccc12. The van der Waals surface area contributed by atoms with E-state index < -0.39 is 0 Å². The Hall–Kier alpha value is -1.32. The Labute approximate surface area is 109 Å². The van der Waals surface area contributed by atoms with E-state index in [1.807, 2.05) is 0 Å². The van der Waals surface area contributed by atoms with Gasteiger partial charge in [0.15, 0.2) is 0 Å². The first-order valence-electron chi connectivity index (χ1n) is 6.55. The molecule has 1 atom stereocenters. The molecule has 0 bridgehead atoms. The van der Waals surface area contributed by atoms with Crippen LogP contribution in [-0.4, -0.2) is 30.1 Å². The number of nitrogens with zero attached hydrogens (tertiary/aromatic N) is 2. The molecular formula is C15H23N3. The standard InChI is InChI=1S/C15H23N3/c1-17(2)14(9-6-10-16)13-11-18(3)15-8-5-4-7-12(13)15/h4-5,7-8,11,14H,6,9-10,16H2,1-3H3. The number of para-hydroxylation sites is 1. The summed E-state index contributed by atoms with van der Waals surface area (Å²) >= 11 is 0. The summed E-state index contributed by atoms with van der Waals surface area (Å²) in [5.41, 5.74) is 8.36. The number of fused-ring (bicyclic) bond motifs is 1. The normalized spacial score (nSPS) is 13.4. The summed E-state index contributed by atoms with van der Waals surface area (Å²) in [6.07, 6.45) is 4.43. The highest BCUT2D eigenvalue weighted by Crippen LogP contribution is 2.31. The summed E-state index contributed by atoms with van der Waals surface area (Å²) in [5, 5.41) is 1.36. The van der Waals surface area contributed by atoms with Crippen molar-refractivity contribution in [2.45, 2.75) is 18.9 Å². The van der Waals surface area contributed by atoms with Crippen LogP contribution in [0.4, 0.5) is 0 Å². The van der Waals surface area contributed by atoms with E-state index in [1.54, 1.807) is 0 Å². The summed E-state index contributed by atoms with van der Waals surface area (Å²) in [6, 6.07) is 9.04. The van der Waals surface area contributed by atoms with Crippen molar-refractivity contribution in [3.8, 4) is 0 Å². The van der Waals surface area contributed by atoms with Gasteiger partial charge in [-0.25, -0.2) is 0 Å². The molecule has 2 aromatic rings. The monoisotopic (exact) mass is 245 g/mol. The Balaban J connectivity index is 2.44. The molecule has 0 fully saturated rings. The number of rotatable bonds is 5. The van der Waals surface area contributed by atoms with Crippen molar-refractivity contribution >= 4 is 10.9 Å². The molecule has 0 saturated heterocycles. The number of nitrogens with two attached hydrogens (primary N) is 1. The van der Waals surface area contributed by atoms with E-state index in [-0.39, 0.29) is 0 Å². The van der Waals surface area contributed by atoms with Gasteiger partial charge in [-0.3, -0.25) is 0 Å². The highest BCUT2D eigenvalue weighted by Gasteiger charge is 2.18. The summed E-state index contributed by atoms with van der Waals surface area (Å²) < 4.78 is 2.21. The second-order valence-corrected chi connectivity index (χ2v) is 5.12. The zero-order valence-corrected chi connectivity index (χ0v) is 11.6. The molecule has 2 rings (SSSR count). The first-order chi connectivity index (χ1) is 8.65. The van der Waals surface area contributed by atoms with E-state index in [2.05, 4.69) is 61.1 Å². The Kier molecular flexibility index (Phi) is 4.04. The summed E-state index contributed by atoms with van der Waals surface area (Å²) in [7, 11) is 6.40. The van der Waals surface area contributed by atoms with Gasteiger partial charge in [0.25, 0.3) is 0 Å². The first kappa shape index (κ1) is 13.1. The zero-order valence-electron chi connectivity index (χ0n) is 11.6. The fourth-order valence-corrected chi connectivity index (χ4v) is 2.64. The minimum Gasteiger partial charge on any atom is -0.350 e. The predicted molar refractivity (Wildman–Crippen MR) is 77.6 cm³/mol. The maximum Gasteiger partial charge on any atom is 0.0481 e. The van der Waals surface area contributed by atoms with Gasteiger partial charge in [0.1, 0.15) is 0 Å². The number of benzene rings is 1. The largest absolute Gasteiger partial charge is 0.350 e. The fourth-order valence-electron chi connectivity index (χ4n) is 2.64. The molecule has 0 spiro atoms. The molecule has 18 heavy (non-hydrogen) atoms. The van der Waals surface area contributed by atoms with Gasteiger partial charge < -0.3 is 15.2 Å². The van der Waals surface area contributed by atoms with Crippen molar-refractivity contribution in [1.82, 2.24) is 9.47 Å². The molecule has 0 amide bonds. The van der Waals surface area contributed by atoms with Gasteiger partial charge in [0.2, 0.25) is 0 Å². The third-order valence-corrected chi connectivity index (χ3v) is 3.59. The number of aromatic nitrogens is 1. The highest BCUT2D eigenvalue weighted by molar-refractivity contribution is 5.84. The number of aryl methyl sites for hydroxylation is 1. The maximum absolute atomic E-state index is 5.65.